The van der Waals surface area contributed by atoms with Crippen molar-refractivity contribution in [2.45, 2.75) is 39.0 Å². The van der Waals surface area contributed by atoms with Gasteiger partial charge in [-0.15, -0.1) is 15.3 Å². The average molecular weight is 528 g/mol. The largest absolute Gasteiger partial charge is 0.375 e. The van der Waals surface area contributed by atoms with Gasteiger partial charge in [0.2, 0.25) is 11.9 Å². The number of hydrogen-bond donors (Lipinski definition) is 5. The van der Waals surface area contributed by atoms with Gasteiger partial charge in [-0.2, -0.15) is 5.10 Å². The highest BCUT2D eigenvalue weighted by atomic mass is 16.1. The summed E-state index contributed by atoms with van der Waals surface area (Å²) in [6.07, 6.45) is 7.91. The zero-order valence-corrected chi connectivity index (χ0v) is 21.9. The number of fused-ring (bicyclic) bond motifs is 2. The lowest BCUT2D eigenvalue weighted by atomic mass is 10.1. The quantitative estimate of drug-likeness (QED) is 0.0963. The first-order valence-corrected chi connectivity index (χ1v) is 13.0. The Morgan fingerprint density at radius 2 is 1.95 bits per heavy atom. The maximum atomic E-state index is 11.7. The third kappa shape index (κ3) is 7.57. The number of rotatable bonds is 13. The van der Waals surface area contributed by atoms with Crippen molar-refractivity contribution in [3.63, 3.8) is 0 Å². The van der Waals surface area contributed by atoms with Gasteiger partial charge in [0, 0.05) is 30.3 Å². The van der Waals surface area contributed by atoms with Gasteiger partial charge in [-0.05, 0) is 43.2 Å². The molecule has 0 saturated carbocycles. The summed E-state index contributed by atoms with van der Waals surface area (Å²) in [6.45, 7) is 3.56. The zero-order chi connectivity index (χ0) is 27.5. The summed E-state index contributed by atoms with van der Waals surface area (Å²) in [7, 11) is 0. The van der Waals surface area contributed by atoms with Crippen molar-refractivity contribution >= 4 is 46.9 Å². The first-order valence-electron chi connectivity index (χ1n) is 13.0. The van der Waals surface area contributed by atoms with Crippen LogP contribution in [0.1, 0.15) is 48.8 Å². The zero-order valence-electron chi connectivity index (χ0n) is 21.9. The number of H-pyrrole nitrogens is 1. The number of amidine groups is 1. The van der Waals surface area contributed by atoms with E-state index in [4.69, 9.17) is 11.5 Å². The van der Waals surface area contributed by atoms with Crippen molar-refractivity contribution in [1.29, 1.82) is 0 Å². The van der Waals surface area contributed by atoms with Crippen LogP contribution in [0.3, 0.4) is 0 Å². The number of imidazole rings is 1. The van der Waals surface area contributed by atoms with Gasteiger partial charge >= 0.3 is 0 Å². The fourth-order valence-corrected chi connectivity index (χ4v) is 3.95. The SMILES string of the molecule is CCCCCNC(N)=NN=CC1=c2cc(C(N)=O)ccc2=NC1=NN=CNCCCc1nc2ccccc2[nH]1. The van der Waals surface area contributed by atoms with E-state index >= 15 is 0 Å². The molecule has 202 valence electrons. The maximum absolute atomic E-state index is 11.7. The lowest BCUT2D eigenvalue weighted by Crippen LogP contribution is -2.32. The van der Waals surface area contributed by atoms with E-state index in [1.807, 2.05) is 24.3 Å². The van der Waals surface area contributed by atoms with Gasteiger partial charge in [-0.1, -0.05) is 31.9 Å². The molecule has 12 nitrogen and oxygen atoms in total. The van der Waals surface area contributed by atoms with Gasteiger partial charge in [0.25, 0.3) is 0 Å². The van der Waals surface area contributed by atoms with Crippen molar-refractivity contribution in [2.24, 2.45) is 36.9 Å². The van der Waals surface area contributed by atoms with E-state index in [9.17, 15) is 4.79 Å². The fraction of sp³-hybridized carbons (Fsp3) is 0.296. The molecule has 0 radical (unpaired) electrons. The predicted octanol–water partition coefficient (Wildman–Crippen LogP) is 1.09. The van der Waals surface area contributed by atoms with Gasteiger partial charge < -0.3 is 27.1 Å². The van der Waals surface area contributed by atoms with Crippen LogP contribution < -0.4 is 32.7 Å². The molecule has 1 aliphatic heterocycles. The van der Waals surface area contributed by atoms with Crippen molar-refractivity contribution in [2.75, 3.05) is 13.1 Å². The summed E-state index contributed by atoms with van der Waals surface area (Å²) in [5.41, 5.74) is 14.3. The van der Waals surface area contributed by atoms with Crippen molar-refractivity contribution < 1.29 is 4.79 Å². The van der Waals surface area contributed by atoms with E-state index in [1.54, 1.807) is 18.2 Å². The molecule has 39 heavy (non-hydrogen) atoms. The van der Waals surface area contributed by atoms with Crippen LogP contribution in [0.4, 0.5) is 0 Å². The van der Waals surface area contributed by atoms with E-state index in [0.717, 1.165) is 55.5 Å². The minimum Gasteiger partial charge on any atom is -0.375 e. The number of para-hydroxylation sites is 2. The number of hydrogen-bond acceptors (Lipinski definition) is 6. The molecule has 3 aromatic rings. The van der Waals surface area contributed by atoms with Gasteiger partial charge in [0.15, 0.2) is 5.84 Å². The number of nitrogens with two attached hydrogens (primary N) is 2. The highest BCUT2D eigenvalue weighted by Gasteiger charge is 2.15. The second-order valence-corrected chi connectivity index (χ2v) is 8.91. The van der Waals surface area contributed by atoms with E-state index in [2.05, 4.69) is 52.9 Å². The van der Waals surface area contributed by atoms with Crippen LogP contribution in [0.25, 0.3) is 16.6 Å². The van der Waals surface area contributed by atoms with Crippen molar-refractivity contribution in [1.82, 2.24) is 20.6 Å². The molecular formula is C27H33N11O. The van der Waals surface area contributed by atoms with Gasteiger partial charge in [0.05, 0.1) is 28.2 Å². The third-order valence-electron chi connectivity index (χ3n) is 5.95. The Balaban J connectivity index is 1.39. The lowest BCUT2D eigenvalue weighted by Gasteiger charge is -2.02. The van der Waals surface area contributed by atoms with E-state index in [1.165, 1.54) is 12.6 Å². The summed E-state index contributed by atoms with van der Waals surface area (Å²) < 4.78 is 0. The summed E-state index contributed by atoms with van der Waals surface area (Å²) in [6, 6.07) is 12.9. The highest BCUT2D eigenvalue weighted by molar-refractivity contribution is 6.37. The van der Waals surface area contributed by atoms with Crippen molar-refractivity contribution in [3.8, 4) is 0 Å². The molecule has 0 spiro atoms. The number of aryl methyl sites for hydroxylation is 1. The third-order valence-corrected chi connectivity index (χ3v) is 5.95. The van der Waals surface area contributed by atoms with Gasteiger partial charge in [-0.25, -0.2) is 9.98 Å². The molecule has 7 N–H and O–H groups in total. The molecule has 0 saturated heterocycles. The maximum Gasteiger partial charge on any atom is 0.248 e. The molecule has 0 unspecified atom stereocenters. The number of nitrogens with one attached hydrogen (secondary N) is 3. The molecule has 0 fully saturated rings. The number of carbonyl (C=O) groups is 1. The molecule has 12 heteroatoms. The molecular weight excluding hydrogens is 494 g/mol. The number of aromatic amines is 1. The Labute approximate surface area is 225 Å². The molecule has 2 heterocycles. The first-order chi connectivity index (χ1) is 19.0. The first kappa shape index (κ1) is 27.2. The number of nitrogens with zero attached hydrogens (tertiary/aromatic N) is 6. The van der Waals surface area contributed by atoms with E-state index in [-0.39, 0.29) is 5.96 Å². The molecule has 2 aromatic carbocycles. The smallest absolute Gasteiger partial charge is 0.248 e. The van der Waals surface area contributed by atoms with Crippen LogP contribution in [-0.4, -0.2) is 53.3 Å². The summed E-state index contributed by atoms with van der Waals surface area (Å²) in [5, 5.41) is 23.9. The van der Waals surface area contributed by atoms with E-state index in [0.29, 0.717) is 34.1 Å². The molecule has 0 atom stereocenters. The second kappa shape index (κ2) is 13.6. The standard InChI is InChI=1S/C27H33N11O/c1-2-3-6-14-31-27(29)38-32-16-20-19-15-18(25(28)39)11-12-21(19)36-26(20)37-33-17-30-13-7-10-24-34-22-8-4-5-9-23(22)35-24/h4-5,8-9,11-12,15-17H,2-3,6-7,10,13-14H2,1H3,(H2,28,39)(H,30,33)(H,34,35)(H3,29,31,38). The normalized spacial score (nSPS) is 14.4. The van der Waals surface area contributed by atoms with Crippen LogP contribution in [0.15, 0.2) is 67.9 Å². The number of unbranched alkanes of at least 4 members (excludes halogenated alkanes) is 2. The molecule has 4 rings (SSSR count). The minimum atomic E-state index is -0.539. The summed E-state index contributed by atoms with van der Waals surface area (Å²) in [5.74, 6) is 0.960. The Kier molecular flexibility index (Phi) is 9.48. The topological polar surface area (TPSA) is 184 Å². The van der Waals surface area contributed by atoms with Gasteiger partial charge in [0.1, 0.15) is 12.2 Å². The molecule has 1 amide bonds. The van der Waals surface area contributed by atoms with Crippen molar-refractivity contribution in [3.05, 3.63) is 64.4 Å². The summed E-state index contributed by atoms with van der Waals surface area (Å²) in [4.78, 5) is 24.1. The van der Waals surface area contributed by atoms with Crippen LogP contribution in [-0.2, 0) is 6.42 Å². The Hall–Kier alpha value is -4.87. The minimum absolute atomic E-state index is 0.215. The highest BCUT2D eigenvalue weighted by Crippen LogP contribution is 2.11. The number of primary amides is 1. The molecule has 0 bridgehead atoms. The van der Waals surface area contributed by atoms with Crippen LogP contribution in [0.2, 0.25) is 0 Å². The Bertz CT molecular complexity index is 1520. The van der Waals surface area contributed by atoms with Crippen LogP contribution in [0.5, 0.6) is 0 Å². The number of amides is 1. The fourth-order valence-electron chi connectivity index (χ4n) is 3.95. The van der Waals surface area contributed by atoms with Gasteiger partial charge in [-0.3, -0.25) is 4.79 Å². The number of guanidine groups is 1. The van der Waals surface area contributed by atoms with Crippen LogP contribution in [0, 0.1) is 0 Å². The Morgan fingerprint density at radius 1 is 1.08 bits per heavy atom. The second-order valence-electron chi connectivity index (χ2n) is 8.91. The van der Waals surface area contributed by atoms with E-state index < -0.39 is 5.91 Å². The molecule has 0 aliphatic carbocycles. The molecule has 1 aromatic heterocycles. The number of benzene rings is 2. The molecule has 1 aliphatic rings. The lowest BCUT2D eigenvalue weighted by molar-refractivity contribution is 0.1000. The number of aromatic nitrogens is 2. The predicted molar refractivity (Wildman–Crippen MR) is 155 cm³/mol. The summed E-state index contributed by atoms with van der Waals surface area (Å²) >= 11 is 0. The Morgan fingerprint density at radius 3 is 2.77 bits per heavy atom. The average Bonchev–Trinajstić information content (AvgIpc) is 3.51. The number of carbonyl (C=O) groups excluding carboxylic acids is 1. The van der Waals surface area contributed by atoms with Crippen LogP contribution >= 0.6 is 0 Å². The monoisotopic (exact) mass is 527 g/mol.